The summed E-state index contributed by atoms with van der Waals surface area (Å²) in [5.74, 6) is 0.0740. The van der Waals surface area contributed by atoms with Crippen LogP contribution in [0.4, 0.5) is 4.79 Å². The molecule has 28 heavy (non-hydrogen) atoms. The lowest BCUT2D eigenvalue weighted by Crippen LogP contribution is -2.44. The van der Waals surface area contributed by atoms with Crippen molar-refractivity contribution in [3.63, 3.8) is 0 Å². The number of hydrogen-bond donors (Lipinski definition) is 2. The fourth-order valence-electron chi connectivity index (χ4n) is 2.89. The summed E-state index contributed by atoms with van der Waals surface area (Å²) in [6.45, 7) is 7.01. The van der Waals surface area contributed by atoms with Crippen LogP contribution >= 0.6 is 15.9 Å². The quantitative estimate of drug-likeness (QED) is 0.585. The molecule has 0 spiro atoms. The maximum absolute atomic E-state index is 12.2. The molecule has 152 valence electrons. The van der Waals surface area contributed by atoms with Crippen LogP contribution in [0.5, 0.6) is 11.5 Å². The number of allylic oxidation sites excluding steroid dienone is 1. The van der Waals surface area contributed by atoms with Gasteiger partial charge >= 0.3 is 12.0 Å². The predicted octanol–water partition coefficient (Wildman–Crippen LogP) is 3.01. The Morgan fingerprint density at radius 3 is 2.43 bits per heavy atom. The number of nitrogens with one attached hydrogen (secondary N) is 2. The minimum atomic E-state index is -0.654. The molecule has 0 saturated heterocycles. The van der Waals surface area contributed by atoms with Gasteiger partial charge in [0.25, 0.3) is 0 Å². The van der Waals surface area contributed by atoms with Crippen LogP contribution in [-0.4, -0.2) is 37.6 Å². The molecule has 1 heterocycles. The molecule has 2 N–H and O–H groups in total. The van der Waals surface area contributed by atoms with Crippen LogP contribution in [-0.2, 0) is 14.3 Å². The first-order valence-electron chi connectivity index (χ1n) is 8.82. The molecule has 0 aromatic heterocycles. The minimum Gasteiger partial charge on any atom is -0.490 e. The third kappa shape index (κ3) is 5.03. The second-order valence-corrected chi connectivity index (χ2v) is 6.83. The number of ether oxygens (including phenoxy) is 3. The van der Waals surface area contributed by atoms with Crippen molar-refractivity contribution in [1.82, 2.24) is 10.6 Å². The molecule has 0 unspecified atom stereocenters. The number of Topliss-reactive ketones (excluding diaryl/α,β-unsaturated/α-hetero) is 1. The average molecular weight is 455 g/mol. The molecule has 2 amide bonds. The molecule has 0 fully saturated rings. The molecule has 1 aromatic carbocycles. The van der Waals surface area contributed by atoms with Crippen molar-refractivity contribution < 1.29 is 28.6 Å². The van der Waals surface area contributed by atoms with Gasteiger partial charge in [-0.25, -0.2) is 9.59 Å². The second kappa shape index (κ2) is 9.59. The summed E-state index contributed by atoms with van der Waals surface area (Å²) in [5.41, 5.74) is 1.57. The molecule has 1 aliphatic rings. The highest BCUT2D eigenvalue weighted by Gasteiger charge is 2.31. The van der Waals surface area contributed by atoms with Crippen molar-refractivity contribution in [2.24, 2.45) is 0 Å². The van der Waals surface area contributed by atoms with E-state index in [1.807, 2.05) is 6.92 Å². The number of carbonyl (C=O) groups is 3. The number of amides is 2. The van der Waals surface area contributed by atoms with E-state index in [-0.39, 0.29) is 19.0 Å². The predicted molar refractivity (Wildman–Crippen MR) is 105 cm³/mol. The van der Waals surface area contributed by atoms with Crippen LogP contribution in [0.3, 0.4) is 0 Å². The monoisotopic (exact) mass is 454 g/mol. The van der Waals surface area contributed by atoms with Crippen molar-refractivity contribution in [3.05, 3.63) is 33.4 Å². The van der Waals surface area contributed by atoms with Crippen LogP contribution in [0.2, 0.25) is 0 Å². The molecule has 1 atom stereocenters. The van der Waals surface area contributed by atoms with E-state index in [9.17, 15) is 14.4 Å². The Kier molecular flexibility index (Phi) is 7.45. The van der Waals surface area contributed by atoms with E-state index < -0.39 is 18.0 Å². The summed E-state index contributed by atoms with van der Waals surface area (Å²) in [4.78, 5) is 35.7. The molecule has 0 radical (unpaired) electrons. The first-order valence-corrected chi connectivity index (χ1v) is 9.61. The van der Waals surface area contributed by atoms with E-state index in [0.717, 1.165) is 0 Å². The third-order valence-electron chi connectivity index (χ3n) is 3.97. The zero-order valence-electron chi connectivity index (χ0n) is 16.2. The Bertz CT molecular complexity index is 821. The van der Waals surface area contributed by atoms with Crippen LogP contribution < -0.4 is 20.1 Å². The highest BCUT2D eigenvalue weighted by molar-refractivity contribution is 9.10. The number of hydrogen-bond acceptors (Lipinski definition) is 6. The number of halogens is 1. The third-order valence-corrected chi connectivity index (χ3v) is 4.66. The molecule has 8 nitrogen and oxygen atoms in total. The normalized spacial score (nSPS) is 16.2. The lowest BCUT2D eigenvalue weighted by atomic mass is 9.93. The van der Waals surface area contributed by atoms with Gasteiger partial charge in [0.05, 0.1) is 19.3 Å². The molecule has 0 saturated carbocycles. The molecule has 1 aromatic rings. The average Bonchev–Trinajstić information content (AvgIpc) is 2.60. The summed E-state index contributed by atoms with van der Waals surface area (Å²) < 4.78 is 16.6. The lowest BCUT2D eigenvalue weighted by Gasteiger charge is -2.29. The van der Waals surface area contributed by atoms with Gasteiger partial charge in [-0.15, -0.1) is 0 Å². The highest BCUT2D eigenvalue weighted by Crippen LogP contribution is 2.39. The van der Waals surface area contributed by atoms with Gasteiger partial charge in [-0.3, -0.25) is 4.79 Å². The maximum atomic E-state index is 12.2. The molecule has 2 rings (SSSR count). The number of urea groups is 1. The number of carbonyl (C=O) groups excluding carboxylic acids is 3. The molecule has 9 heteroatoms. The van der Waals surface area contributed by atoms with Gasteiger partial charge in [0.2, 0.25) is 0 Å². The van der Waals surface area contributed by atoms with Crippen molar-refractivity contribution in [1.29, 1.82) is 0 Å². The first-order chi connectivity index (χ1) is 13.3. The summed E-state index contributed by atoms with van der Waals surface area (Å²) in [6.07, 6.45) is 0. The molecule has 0 aliphatic carbocycles. The SMILES string of the molecule is CCOC(=O)COc1cc(Br)c([C@@H]2NC(=O)NC(C)=C2C(C)=O)cc1OCC. The van der Waals surface area contributed by atoms with E-state index in [0.29, 0.717) is 39.4 Å². The van der Waals surface area contributed by atoms with Crippen molar-refractivity contribution in [2.45, 2.75) is 33.7 Å². The molecule has 0 bridgehead atoms. The van der Waals surface area contributed by atoms with E-state index in [1.54, 1.807) is 26.0 Å². The van der Waals surface area contributed by atoms with Gasteiger partial charge in [0.1, 0.15) is 0 Å². The standard InChI is InChI=1S/C19H23BrN2O6/c1-5-26-14-7-12(13(20)8-15(14)28-9-16(24)27-6-2)18-17(11(4)23)10(3)21-19(25)22-18/h7-8,18H,5-6,9H2,1-4H3,(H2,21,22,25)/t18-/m0/s1. The Morgan fingerprint density at radius 2 is 1.82 bits per heavy atom. The maximum Gasteiger partial charge on any atom is 0.344 e. The number of rotatable bonds is 8. The fourth-order valence-corrected chi connectivity index (χ4v) is 3.44. The largest absolute Gasteiger partial charge is 0.490 e. The smallest absolute Gasteiger partial charge is 0.344 e. The Labute approximate surface area is 171 Å². The number of benzene rings is 1. The molecular formula is C19H23BrN2O6. The van der Waals surface area contributed by atoms with E-state index in [4.69, 9.17) is 14.2 Å². The van der Waals surface area contributed by atoms with Gasteiger partial charge in [-0.1, -0.05) is 15.9 Å². The number of esters is 1. The topological polar surface area (TPSA) is 103 Å². The van der Waals surface area contributed by atoms with Crippen LogP contribution in [0.25, 0.3) is 0 Å². The van der Waals surface area contributed by atoms with Gasteiger partial charge < -0.3 is 24.8 Å². The number of ketones is 1. The minimum absolute atomic E-state index is 0.164. The van der Waals surface area contributed by atoms with Crippen LogP contribution in [0.15, 0.2) is 27.9 Å². The van der Waals surface area contributed by atoms with Crippen molar-refractivity contribution >= 4 is 33.7 Å². The second-order valence-electron chi connectivity index (χ2n) is 5.97. The Balaban J connectivity index is 2.43. The van der Waals surface area contributed by atoms with Gasteiger partial charge in [-0.2, -0.15) is 0 Å². The highest BCUT2D eigenvalue weighted by atomic mass is 79.9. The van der Waals surface area contributed by atoms with Gasteiger partial charge in [0, 0.05) is 15.7 Å². The van der Waals surface area contributed by atoms with Crippen molar-refractivity contribution in [3.8, 4) is 11.5 Å². The summed E-state index contributed by atoms with van der Waals surface area (Å²) in [6, 6.07) is 2.26. The van der Waals surface area contributed by atoms with Crippen LogP contribution in [0, 0.1) is 0 Å². The summed E-state index contributed by atoms with van der Waals surface area (Å²) in [7, 11) is 0. The summed E-state index contributed by atoms with van der Waals surface area (Å²) >= 11 is 3.46. The molecular weight excluding hydrogens is 432 g/mol. The van der Waals surface area contributed by atoms with E-state index in [2.05, 4.69) is 26.6 Å². The lowest BCUT2D eigenvalue weighted by molar-refractivity contribution is -0.145. The first kappa shape index (κ1) is 21.7. The fraction of sp³-hybridized carbons (Fsp3) is 0.421. The van der Waals surface area contributed by atoms with E-state index in [1.165, 1.54) is 6.92 Å². The zero-order valence-corrected chi connectivity index (χ0v) is 17.8. The summed E-state index contributed by atoms with van der Waals surface area (Å²) in [5, 5.41) is 5.37. The molecule has 1 aliphatic heterocycles. The zero-order chi connectivity index (χ0) is 20.8. The van der Waals surface area contributed by atoms with Crippen molar-refractivity contribution in [2.75, 3.05) is 19.8 Å². The van der Waals surface area contributed by atoms with Crippen LogP contribution in [0.1, 0.15) is 39.3 Å². The van der Waals surface area contributed by atoms with Gasteiger partial charge in [-0.05, 0) is 45.4 Å². The Morgan fingerprint density at radius 1 is 1.14 bits per heavy atom. The Hall–Kier alpha value is -2.55. The van der Waals surface area contributed by atoms with E-state index >= 15 is 0 Å². The van der Waals surface area contributed by atoms with Gasteiger partial charge in [0.15, 0.2) is 23.9 Å².